The van der Waals surface area contributed by atoms with Crippen LogP contribution in [-0.4, -0.2) is 40.2 Å². The number of anilines is 1. The first-order valence-corrected chi connectivity index (χ1v) is 8.51. The van der Waals surface area contributed by atoms with E-state index in [1.807, 2.05) is 25.1 Å². The van der Waals surface area contributed by atoms with Crippen molar-refractivity contribution in [3.63, 3.8) is 0 Å². The van der Waals surface area contributed by atoms with E-state index in [0.717, 1.165) is 38.2 Å². The molecule has 0 bridgehead atoms. The Balaban J connectivity index is 1.47. The highest BCUT2D eigenvalue weighted by atomic mass is 16.5. The van der Waals surface area contributed by atoms with E-state index in [4.69, 9.17) is 4.52 Å². The van der Waals surface area contributed by atoms with Gasteiger partial charge in [-0.15, -0.1) is 0 Å². The molecule has 3 heterocycles. The van der Waals surface area contributed by atoms with Crippen LogP contribution >= 0.6 is 0 Å². The fourth-order valence-electron chi connectivity index (χ4n) is 2.90. The van der Waals surface area contributed by atoms with Crippen LogP contribution in [0.15, 0.2) is 28.9 Å². The monoisotopic (exact) mass is 329 g/mol. The minimum Gasteiger partial charge on any atom is -0.355 e. The van der Waals surface area contributed by atoms with E-state index in [1.54, 1.807) is 6.20 Å². The van der Waals surface area contributed by atoms with Gasteiger partial charge in [-0.1, -0.05) is 18.1 Å². The first-order chi connectivity index (χ1) is 11.7. The van der Waals surface area contributed by atoms with Gasteiger partial charge in [0, 0.05) is 44.6 Å². The number of nitrogens with zero attached hydrogens (tertiary/aromatic N) is 4. The number of piperidine rings is 1. The molecule has 2 aromatic rings. The van der Waals surface area contributed by atoms with Gasteiger partial charge in [-0.25, -0.2) is 4.98 Å². The lowest BCUT2D eigenvalue weighted by Crippen LogP contribution is -2.48. The van der Waals surface area contributed by atoms with Gasteiger partial charge in [-0.3, -0.25) is 4.79 Å². The van der Waals surface area contributed by atoms with Crippen molar-refractivity contribution in [1.82, 2.24) is 20.4 Å². The van der Waals surface area contributed by atoms with Crippen molar-refractivity contribution < 1.29 is 9.32 Å². The average Bonchev–Trinajstić information content (AvgIpc) is 3.09. The van der Waals surface area contributed by atoms with Gasteiger partial charge < -0.3 is 14.7 Å². The molecule has 7 heteroatoms. The van der Waals surface area contributed by atoms with Gasteiger partial charge in [-0.2, -0.15) is 4.98 Å². The molecule has 0 radical (unpaired) electrons. The third-order valence-corrected chi connectivity index (χ3v) is 4.15. The quantitative estimate of drug-likeness (QED) is 0.869. The zero-order chi connectivity index (χ0) is 16.8. The fourth-order valence-corrected chi connectivity index (χ4v) is 2.90. The lowest BCUT2D eigenvalue weighted by Gasteiger charge is -2.33. The third kappa shape index (κ3) is 4.31. The lowest BCUT2D eigenvalue weighted by atomic mass is 10.1. The van der Waals surface area contributed by atoms with Crippen molar-refractivity contribution in [1.29, 1.82) is 0 Å². The zero-order valence-corrected chi connectivity index (χ0v) is 13.9. The van der Waals surface area contributed by atoms with E-state index in [-0.39, 0.29) is 11.9 Å². The first kappa shape index (κ1) is 16.4. The number of hydrogen-bond donors (Lipinski definition) is 1. The predicted molar refractivity (Wildman–Crippen MR) is 89.6 cm³/mol. The van der Waals surface area contributed by atoms with E-state index in [0.29, 0.717) is 24.6 Å². The van der Waals surface area contributed by atoms with Crippen LogP contribution in [0.5, 0.6) is 0 Å². The summed E-state index contributed by atoms with van der Waals surface area (Å²) in [6.07, 6.45) is 5.43. The Morgan fingerprint density at radius 1 is 1.46 bits per heavy atom. The Labute approximate surface area is 141 Å². The van der Waals surface area contributed by atoms with Crippen LogP contribution in [0.25, 0.3) is 0 Å². The van der Waals surface area contributed by atoms with Gasteiger partial charge in [0.05, 0.1) is 0 Å². The predicted octanol–water partition coefficient (Wildman–Crippen LogP) is 1.74. The molecule has 0 unspecified atom stereocenters. The van der Waals surface area contributed by atoms with Crippen LogP contribution in [0, 0.1) is 0 Å². The van der Waals surface area contributed by atoms with Crippen molar-refractivity contribution in [2.45, 2.75) is 45.1 Å². The third-order valence-electron chi connectivity index (χ3n) is 4.15. The second-order valence-corrected chi connectivity index (χ2v) is 6.00. The second-order valence-electron chi connectivity index (χ2n) is 6.00. The molecule has 7 nitrogen and oxygen atoms in total. The molecule has 24 heavy (non-hydrogen) atoms. The van der Waals surface area contributed by atoms with Crippen molar-refractivity contribution in [2.75, 3.05) is 18.0 Å². The summed E-state index contributed by atoms with van der Waals surface area (Å²) in [5.74, 6) is 2.21. The lowest BCUT2D eigenvalue weighted by molar-refractivity contribution is -0.121. The number of nitrogens with one attached hydrogen (secondary N) is 1. The van der Waals surface area contributed by atoms with Gasteiger partial charge in [0.25, 0.3) is 0 Å². The normalized spacial score (nSPS) is 17.7. The summed E-state index contributed by atoms with van der Waals surface area (Å²) in [5.41, 5.74) is 0. The number of hydrogen-bond acceptors (Lipinski definition) is 6. The number of rotatable bonds is 6. The number of aryl methyl sites for hydroxylation is 2. The van der Waals surface area contributed by atoms with E-state index < -0.39 is 0 Å². The molecule has 1 amide bonds. The van der Waals surface area contributed by atoms with Gasteiger partial charge in [0.2, 0.25) is 11.8 Å². The maximum Gasteiger partial charge on any atom is 0.227 e. The zero-order valence-electron chi connectivity index (χ0n) is 13.9. The van der Waals surface area contributed by atoms with Crippen molar-refractivity contribution in [2.24, 2.45) is 0 Å². The first-order valence-electron chi connectivity index (χ1n) is 8.51. The molecule has 0 spiro atoms. The Kier molecular flexibility index (Phi) is 5.40. The van der Waals surface area contributed by atoms with Crippen LogP contribution in [0.2, 0.25) is 0 Å². The molecular formula is C17H23N5O2. The Morgan fingerprint density at radius 2 is 2.38 bits per heavy atom. The van der Waals surface area contributed by atoms with E-state index in [9.17, 15) is 4.79 Å². The standard InChI is InChI=1S/C17H23N5O2/c1-2-14-20-17(24-21-14)9-8-16(23)19-13-6-5-11-22(12-13)15-7-3-4-10-18-15/h3-4,7,10,13H,2,5-6,8-9,11-12H2,1H3,(H,19,23)/t13-/m0/s1. The van der Waals surface area contributed by atoms with Crippen molar-refractivity contribution >= 4 is 11.7 Å². The molecule has 1 N–H and O–H groups in total. The SMILES string of the molecule is CCc1noc(CCC(=O)N[C@H]2CCCN(c3ccccn3)C2)n1. The van der Waals surface area contributed by atoms with Crippen LogP contribution in [0.4, 0.5) is 5.82 Å². The minimum atomic E-state index is 0.0270. The largest absolute Gasteiger partial charge is 0.355 e. The highest BCUT2D eigenvalue weighted by Gasteiger charge is 2.22. The smallest absolute Gasteiger partial charge is 0.227 e. The minimum absolute atomic E-state index is 0.0270. The molecule has 1 fully saturated rings. The molecule has 2 aromatic heterocycles. The molecule has 0 aliphatic carbocycles. The topological polar surface area (TPSA) is 84.2 Å². The van der Waals surface area contributed by atoms with E-state index in [2.05, 4.69) is 25.3 Å². The highest BCUT2D eigenvalue weighted by molar-refractivity contribution is 5.76. The van der Waals surface area contributed by atoms with Crippen LogP contribution < -0.4 is 10.2 Å². The van der Waals surface area contributed by atoms with Gasteiger partial charge in [-0.05, 0) is 25.0 Å². The summed E-state index contributed by atoms with van der Waals surface area (Å²) in [7, 11) is 0. The molecule has 1 aliphatic heterocycles. The van der Waals surface area contributed by atoms with Crippen LogP contribution in [0.1, 0.15) is 37.9 Å². The van der Waals surface area contributed by atoms with Gasteiger partial charge in [0.15, 0.2) is 5.82 Å². The van der Waals surface area contributed by atoms with E-state index >= 15 is 0 Å². The maximum atomic E-state index is 12.2. The molecule has 0 saturated carbocycles. The number of pyridine rings is 1. The number of carbonyl (C=O) groups is 1. The van der Waals surface area contributed by atoms with Crippen molar-refractivity contribution in [3.8, 4) is 0 Å². The maximum absolute atomic E-state index is 12.2. The fraction of sp³-hybridized carbons (Fsp3) is 0.529. The molecule has 1 atom stereocenters. The highest BCUT2D eigenvalue weighted by Crippen LogP contribution is 2.17. The van der Waals surface area contributed by atoms with Gasteiger partial charge >= 0.3 is 0 Å². The number of aromatic nitrogens is 3. The second kappa shape index (κ2) is 7.90. The summed E-state index contributed by atoms with van der Waals surface area (Å²) < 4.78 is 5.11. The molecular weight excluding hydrogens is 306 g/mol. The summed E-state index contributed by atoms with van der Waals surface area (Å²) in [6, 6.07) is 6.06. The Hall–Kier alpha value is -2.44. The average molecular weight is 329 g/mol. The summed E-state index contributed by atoms with van der Waals surface area (Å²) >= 11 is 0. The Morgan fingerprint density at radius 3 is 3.12 bits per heavy atom. The molecule has 3 rings (SSSR count). The molecule has 128 valence electrons. The summed E-state index contributed by atoms with van der Waals surface area (Å²) in [5, 5.41) is 6.95. The molecule has 1 saturated heterocycles. The molecule has 0 aromatic carbocycles. The summed E-state index contributed by atoms with van der Waals surface area (Å²) in [6.45, 7) is 3.74. The van der Waals surface area contributed by atoms with E-state index in [1.165, 1.54) is 0 Å². The number of carbonyl (C=O) groups excluding carboxylic acids is 1. The Bertz CT molecular complexity index is 658. The van der Waals surface area contributed by atoms with Crippen LogP contribution in [-0.2, 0) is 17.6 Å². The van der Waals surface area contributed by atoms with Crippen LogP contribution in [0.3, 0.4) is 0 Å². The summed E-state index contributed by atoms with van der Waals surface area (Å²) in [4.78, 5) is 23.0. The van der Waals surface area contributed by atoms with Gasteiger partial charge in [0.1, 0.15) is 5.82 Å². The molecule has 1 aliphatic rings. The number of amides is 1. The van der Waals surface area contributed by atoms with Crippen molar-refractivity contribution in [3.05, 3.63) is 36.1 Å².